The normalized spacial score (nSPS) is 34.5. The van der Waals surface area contributed by atoms with Gasteiger partial charge in [-0.15, -0.1) is 0 Å². The minimum absolute atomic E-state index is 0.491. The van der Waals surface area contributed by atoms with Crippen LogP contribution in [0.4, 0.5) is 0 Å². The Morgan fingerprint density at radius 2 is 1.56 bits per heavy atom. The van der Waals surface area contributed by atoms with Crippen molar-refractivity contribution < 1.29 is 0 Å². The van der Waals surface area contributed by atoms with Gasteiger partial charge in [0, 0.05) is 32.2 Å². The molecule has 2 nitrogen and oxygen atoms in total. The molecule has 16 heavy (non-hydrogen) atoms. The number of hydrogen-bond acceptors (Lipinski definition) is 2. The van der Waals surface area contributed by atoms with Crippen molar-refractivity contribution in [3.63, 3.8) is 0 Å². The summed E-state index contributed by atoms with van der Waals surface area (Å²) < 4.78 is 0. The Kier molecular flexibility index (Phi) is 3.60. The second kappa shape index (κ2) is 4.66. The summed E-state index contributed by atoms with van der Waals surface area (Å²) in [5.74, 6) is 0.913. The van der Waals surface area contributed by atoms with E-state index in [1.165, 1.54) is 45.4 Å². The first-order chi connectivity index (χ1) is 7.48. The predicted molar refractivity (Wildman–Crippen MR) is 69.7 cm³/mol. The molecule has 1 saturated heterocycles. The summed E-state index contributed by atoms with van der Waals surface area (Å²) in [5.41, 5.74) is 0.491. The summed E-state index contributed by atoms with van der Waals surface area (Å²) >= 11 is 0. The topological polar surface area (TPSA) is 6.48 Å². The monoisotopic (exact) mass is 224 g/mol. The Morgan fingerprint density at radius 1 is 0.938 bits per heavy atom. The second-order valence-electron chi connectivity index (χ2n) is 6.81. The molecule has 2 unspecified atom stereocenters. The maximum Gasteiger partial charge on any atom is 0.0130 e. The Morgan fingerprint density at radius 3 is 2.12 bits per heavy atom. The highest BCUT2D eigenvalue weighted by atomic mass is 15.3. The van der Waals surface area contributed by atoms with E-state index in [4.69, 9.17) is 0 Å². The molecule has 2 fully saturated rings. The summed E-state index contributed by atoms with van der Waals surface area (Å²) in [4.78, 5) is 5.22. The molecular formula is C14H28N2. The zero-order valence-corrected chi connectivity index (χ0v) is 11.5. The van der Waals surface area contributed by atoms with Crippen LogP contribution in [0.2, 0.25) is 0 Å². The molecule has 0 radical (unpaired) electrons. The lowest BCUT2D eigenvalue weighted by molar-refractivity contribution is 0.0578. The van der Waals surface area contributed by atoms with E-state index in [9.17, 15) is 0 Å². The van der Waals surface area contributed by atoms with Crippen LogP contribution >= 0.6 is 0 Å². The molecular weight excluding hydrogens is 196 g/mol. The number of likely N-dealkylation sites (N-methyl/N-ethyl adjacent to an activating group) is 1. The van der Waals surface area contributed by atoms with Crippen molar-refractivity contribution in [3.8, 4) is 0 Å². The summed E-state index contributed by atoms with van der Waals surface area (Å²) in [6.07, 6.45) is 4.32. The molecule has 1 heterocycles. The van der Waals surface area contributed by atoms with Crippen molar-refractivity contribution in [2.75, 3.05) is 33.2 Å². The molecule has 2 heteroatoms. The van der Waals surface area contributed by atoms with Crippen molar-refractivity contribution in [1.82, 2.24) is 9.80 Å². The lowest BCUT2D eigenvalue weighted by Crippen LogP contribution is -2.51. The van der Waals surface area contributed by atoms with E-state index in [1.54, 1.807) is 0 Å². The van der Waals surface area contributed by atoms with E-state index in [0.717, 1.165) is 12.0 Å². The van der Waals surface area contributed by atoms with E-state index < -0.39 is 0 Å². The Bertz CT molecular complexity index is 223. The van der Waals surface area contributed by atoms with Gasteiger partial charge in [-0.2, -0.15) is 0 Å². The second-order valence-corrected chi connectivity index (χ2v) is 6.81. The van der Waals surface area contributed by atoms with Gasteiger partial charge in [0.2, 0.25) is 0 Å². The molecule has 2 atom stereocenters. The van der Waals surface area contributed by atoms with Gasteiger partial charge < -0.3 is 4.90 Å². The zero-order valence-electron chi connectivity index (χ0n) is 11.5. The third-order valence-corrected chi connectivity index (χ3v) is 4.60. The standard InChI is InChI=1S/C14H28N2/c1-14(2,3)12-6-5-7-13(12)16-10-8-15(4)9-11-16/h12-13H,5-11H2,1-4H3. The van der Waals surface area contributed by atoms with Gasteiger partial charge in [0.1, 0.15) is 0 Å². The molecule has 1 saturated carbocycles. The Balaban J connectivity index is 1.98. The van der Waals surface area contributed by atoms with Crippen LogP contribution in [-0.2, 0) is 0 Å². The summed E-state index contributed by atoms with van der Waals surface area (Å²) in [5, 5.41) is 0. The third-order valence-electron chi connectivity index (χ3n) is 4.60. The Hall–Kier alpha value is -0.0800. The van der Waals surface area contributed by atoms with Crippen LogP contribution in [-0.4, -0.2) is 49.1 Å². The van der Waals surface area contributed by atoms with Gasteiger partial charge in [0.05, 0.1) is 0 Å². The van der Waals surface area contributed by atoms with Crippen LogP contribution in [0.5, 0.6) is 0 Å². The zero-order chi connectivity index (χ0) is 11.8. The fourth-order valence-electron chi connectivity index (χ4n) is 3.54. The SMILES string of the molecule is CN1CCN(C2CCCC2C(C)(C)C)CC1. The average Bonchev–Trinajstić information content (AvgIpc) is 2.66. The highest BCUT2D eigenvalue weighted by Crippen LogP contribution is 2.41. The van der Waals surface area contributed by atoms with Gasteiger partial charge in [-0.1, -0.05) is 27.2 Å². The van der Waals surface area contributed by atoms with Gasteiger partial charge in [-0.3, -0.25) is 4.90 Å². The van der Waals surface area contributed by atoms with Crippen LogP contribution in [0, 0.1) is 11.3 Å². The molecule has 94 valence electrons. The lowest BCUT2D eigenvalue weighted by Gasteiger charge is -2.42. The summed E-state index contributed by atoms with van der Waals surface area (Å²) in [7, 11) is 2.24. The molecule has 2 aliphatic rings. The van der Waals surface area contributed by atoms with E-state index >= 15 is 0 Å². The minimum Gasteiger partial charge on any atom is -0.304 e. The number of piperazine rings is 1. The first-order valence-corrected chi connectivity index (χ1v) is 6.91. The molecule has 0 spiro atoms. The van der Waals surface area contributed by atoms with Crippen molar-refractivity contribution in [3.05, 3.63) is 0 Å². The van der Waals surface area contributed by atoms with E-state index in [-0.39, 0.29) is 0 Å². The molecule has 2 rings (SSSR count). The van der Waals surface area contributed by atoms with Crippen LogP contribution in [0.15, 0.2) is 0 Å². The van der Waals surface area contributed by atoms with E-state index in [2.05, 4.69) is 37.6 Å². The molecule has 0 N–H and O–H groups in total. The fourth-order valence-corrected chi connectivity index (χ4v) is 3.54. The minimum atomic E-state index is 0.491. The number of hydrogen-bond donors (Lipinski definition) is 0. The highest BCUT2D eigenvalue weighted by molar-refractivity contribution is 4.92. The maximum atomic E-state index is 2.77. The number of rotatable bonds is 1. The first-order valence-electron chi connectivity index (χ1n) is 6.91. The van der Waals surface area contributed by atoms with Crippen molar-refractivity contribution >= 4 is 0 Å². The average molecular weight is 224 g/mol. The van der Waals surface area contributed by atoms with E-state index in [0.29, 0.717) is 5.41 Å². The quantitative estimate of drug-likeness (QED) is 0.675. The summed E-state index contributed by atoms with van der Waals surface area (Å²) in [6.45, 7) is 12.4. The molecule has 0 aromatic rings. The van der Waals surface area contributed by atoms with Crippen LogP contribution < -0.4 is 0 Å². The molecule has 0 bridgehead atoms. The highest BCUT2D eigenvalue weighted by Gasteiger charge is 2.39. The molecule has 0 aromatic heterocycles. The number of nitrogens with zero attached hydrogens (tertiary/aromatic N) is 2. The van der Waals surface area contributed by atoms with Crippen molar-refractivity contribution in [2.45, 2.75) is 46.1 Å². The third kappa shape index (κ3) is 2.60. The van der Waals surface area contributed by atoms with Crippen molar-refractivity contribution in [2.24, 2.45) is 11.3 Å². The Labute approximate surface area is 101 Å². The molecule has 0 aromatic carbocycles. The van der Waals surface area contributed by atoms with Gasteiger partial charge >= 0.3 is 0 Å². The molecule has 1 aliphatic carbocycles. The van der Waals surface area contributed by atoms with Gasteiger partial charge in [0.15, 0.2) is 0 Å². The van der Waals surface area contributed by atoms with Gasteiger partial charge in [-0.25, -0.2) is 0 Å². The lowest BCUT2D eigenvalue weighted by atomic mass is 9.77. The molecule has 0 amide bonds. The smallest absolute Gasteiger partial charge is 0.0130 e. The first kappa shape index (κ1) is 12.4. The van der Waals surface area contributed by atoms with Gasteiger partial charge in [-0.05, 0) is 31.2 Å². The molecule has 1 aliphatic heterocycles. The summed E-state index contributed by atoms with van der Waals surface area (Å²) in [6, 6.07) is 0.869. The van der Waals surface area contributed by atoms with E-state index in [1.807, 2.05) is 0 Å². The van der Waals surface area contributed by atoms with Crippen LogP contribution in [0.1, 0.15) is 40.0 Å². The van der Waals surface area contributed by atoms with Crippen LogP contribution in [0.3, 0.4) is 0 Å². The maximum absolute atomic E-state index is 2.77. The van der Waals surface area contributed by atoms with Gasteiger partial charge in [0.25, 0.3) is 0 Å². The van der Waals surface area contributed by atoms with Crippen molar-refractivity contribution in [1.29, 1.82) is 0 Å². The predicted octanol–water partition coefficient (Wildman–Crippen LogP) is 2.45. The largest absolute Gasteiger partial charge is 0.304 e. The van der Waals surface area contributed by atoms with Crippen LogP contribution in [0.25, 0.3) is 0 Å². The fraction of sp³-hybridized carbons (Fsp3) is 1.00.